The van der Waals surface area contributed by atoms with Crippen LogP contribution in [0.5, 0.6) is 0 Å². The molecule has 96 valence electrons. The highest BCUT2D eigenvalue weighted by Gasteiger charge is 2.15. The molecule has 2 nitrogen and oxygen atoms in total. The highest BCUT2D eigenvalue weighted by molar-refractivity contribution is 7.11. The maximum Gasteiger partial charge on any atom is 0.146 e. The highest BCUT2D eigenvalue weighted by atomic mass is 35.5. The minimum Gasteiger partial charge on any atom is -0.205 e. The molecule has 2 rings (SSSR count). The van der Waals surface area contributed by atoms with Gasteiger partial charge >= 0.3 is 0 Å². The van der Waals surface area contributed by atoms with Crippen LogP contribution in [0.2, 0.25) is 10.0 Å². The molecule has 6 heteroatoms. The Morgan fingerprint density at radius 3 is 2.50 bits per heavy atom. The summed E-state index contributed by atoms with van der Waals surface area (Å²) < 4.78 is 13.9. The van der Waals surface area contributed by atoms with Crippen LogP contribution < -0.4 is 0 Å². The van der Waals surface area contributed by atoms with E-state index in [1.165, 1.54) is 17.4 Å². The van der Waals surface area contributed by atoms with Crippen LogP contribution in [0.25, 0.3) is 0 Å². The van der Waals surface area contributed by atoms with Gasteiger partial charge in [-0.05, 0) is 12.1 Å². The van der Waals surface area contributed by atoms with Crippen molar-refractivity contribution in [3.63, 3.8) is 0 Å². The third-order valence-electron chi connectivity index (χ3n) is 2.44. The Kier molecular flexibility index (Phi) is 4.20. The Morgan fingerprint density at radius 2 is 1.89 bits per heavy atom. The molecule has 1 aromatic carbocycles. The van der Waals surface area contributed by atoms with Gasteiger partial charge < -0.3 is 0 Å². The molecule has 0 spiro atoms. The minimum atomic E-state index is -0.481. The predicted octanol–water partition coefficient (Wildman–Crippen LogP) is 4.70. The standard InChI is InChI=1S/C12H11Cl2FN2S/c1-6(2)12-17-16-10(18-12)5-7-8(13)3-4-9(14)11(7)15/h3-4,6H,5H2,1-2H3. The molecule has 0 bridgehead atoms. The summed E-state index contributed by atoms with van der Waals surface area (Å²) in [6.45, 7) is 4.08. The first-order valence-corrected chi connectivity index (χ1v) is 7.01. The first-order chi connectivity index (χ1) is 8.49. The molecule has 0 radical (unpaired) electrons. The summed E-state index contributed by atoms with van der Waals surface area (Å²) in [5.74, 6) is -0.165. The minimum absolute atomic E-state index is 0.0722. The van der Waals surface area contributed by atoms with Gasteiger partial charge in [0.05, 0.1) is 5.02 Å². The lowest BCUT2D eigenvalue weighted by molar-refractivity contribution is 0.614. The molecule has 0 fully saturated rings. The zero-order chi connectivity index (χ0) is 13.3. The SMILES string of the molecule is CC(C)c1nnc(Cc2c(Cl)ccc(Cl)c2F)s1. The average Bonchev–Trinajstić information content (AvgIpc) is 2.78. The van der Waals surface area contributed by atoms with Gasteiger partial charge in [0.25, 0.3) is 0 Å². The van der Waals surface area contributed by atoms with Crippen LogP contribution >= 0.6 is 34.5 Å². The van der Waals surface area contributed by atoms with Crippen LogP contribution in [-0.2, 0) is 6.42 Å². The fourth-order valence-corrected chi connectivity index (χ4v) is 2.70. The zero-order valence-electron chi connectivity index (χ0n) is 9.88. The molecular weight excluding hydrogens is 294 g/mol. The summed E-state index contributed by atoms with van der Waals surface area (Å²) in [6.07, 6.45) is 0.315. The van der Waals surface area contributed by atoms with E-state index in [0.29, 0.717) is 22.9 Å². The highest BCUT2D eigenvalue weighted by Crippen LogP contribution is 2.29. The van der Waals surface area contributed by atoms with Gasteiger partial charge in [-0.15, -0.1) is 21.5 Å². The van der Waals surface area contributed by atoms with Gasteiger partial charge in [-0.25, -0.2) is 4.39 Å². The van der Waals surface area contributed by atoms with Crippen molar-refractivity contribution in [1.29, 1.82) is 0 Å². The lowest BCUT2D eigenvalue weighted by Gasteiger charge is -2.04. The molecule has 1 heterocycles. The van der Waals surface area contributed by atoms with E-state index in [1.807, 2.05) is 13.8 Å². The predicted molar refractivity (Wildman–Crippen MR) is 73.2 cm³/mol. The van der Waals surface area contributed by atoms with E-state index >= 15 is 0 Å². The number of hydrogen-bond acceptors (Lipinski definition) is 3. The lowest BCUT2D eigenvalue weighted by Crippen LogP contribution is -1.94. The Bertz CT molecular complexity index is 569. The van der Waals surface area contributed by atoms with Gasteiger partial charge in [-0.1, -0.05) is 37.0 Å². The summed E-state index contributed by atoms with van der Waals surface area (Å²) in [4.78, 5) is 0. The van der Waals surface area contributed by atoms with Crippen LogP contribution in [0.1, 0.15) is 35.3 Å². The normalized spacial score (nSPS) is 11.2. The molecule has 0 aliphatic heterocycles. The molecule has 0 N–H and O–H groups in total. The van der Waals surface area contributed by atoms with Gasteiger partial charge in [0.15, 0.2) is 0 Å². The third-order valence-corrected chi connectivity index (χ3v) is 4.31. The topological polar surface area (TPSA) is 25.8 Å². The molecule has 0 saturated heterocycles. The Morgan fingerprint density at radius 1 is 1.22 bits per heavy atom. The van der Waals surface area contributed by atoms with Gasteiger partial charge in [0.1, 0.15) is 15.8 Å². The second-order valence-corrected chi connectivity index (χ2v) is 6.10. The molecule has 0 aliphatic carbocycles. The quantitative estimate of drug-likeness (QED) is 0.768. The van der Waals surface area contributed by atoms with E-state index in [-0.39, 0.29) is 5.02 Å². The molecule has 18 heavy (non-hydrogen) atoms. The van der Waals surface area contributed by atoms with Crippen LogP contribution in [-0.4, -0.2) is 10.2 Å². The van der Waals surface area contributed by atoms with E-state index in [4.69, 9.17) is 23.2 Å². The zero-order valence-corrected chi connectivity index (χ0v) is 12.2. The molecule has 0 amide bonds. The number of rotatable bonds is 3. The van der Waals surface area contributed by atoms with Crippen molar-refractivity contribution in [3.8, 4) is 0 Å². The second-order valence-electron chi connectivity index (χ2n) is 4.19. The number of aromatic nitrogens is 2. The second kappa shape index (κ2) is 5.51. The fraction of sp³-hybridized carbons (Fsp3) is 0.333. The monoisotopic (exact) mass is 304 g/mol. The summed E-state index contributed by atoms with van der Waals surface area (Å²) in [7, 11) is 0. The van der Waals surface area contributed by atoms with Crippen molar-refractivity contribution in [2.24, 2.45) is 0 Å². The molecule has 0 saturated carbocycles. The van der Waals surface area contributed by atoms with Crippen molar-refractivity contribution in [3.05, 3.63) is 43.6 Å². The van der Waals surface area contributed by atoms with Gasteiger partial charge in [0, 0.05) is 22.9 Å². The summed E-state index contributed by atoms with van der Waals surface area (Å²) in [5.41, 5.74) is 0.371. The molecule has 0 unspecified atom stereocenters. The van der Waals surface area contributed by atoms with Crippen LogP contribution in [0.4, 0.5) is 4.39 Å². The largest absolute Gasteiger partial charge is 0.205 e. The Balaban J connectivity index is 2.31. The summed E-state index contributed by atoms with van der Waals surface area (Å²) in [6, 6.07) is 3.04. The summed E-state index contributed by atoms with van der Waals surface area (Å²) in [5, 5.41) is 10.2. The maximum absolute atomic E-state index is 13.9. The lowest BCUT2D eigenvalue weighted by atomic mass is 10.1. The van der Waals surface area contributed by atoms with Crippen molar-refractivity contribution in [2.45, 2.75) is 26.2 Å². The van der Waals surface area contributed by atoms with Gasteiger partial charge in [-0.3, -0.25) is 0 Å². The first-order valence-electron chi connectivity index (χ1n) is 5.43. The van der Waals surface area contributed by atoms with E-state index < -0.39 is 5.82 Å². The van der Waals surface area contributed by atoms with Crippen molar-refractivity contribution < 1.29 is 4.39 Å². The molecule has 0 atom stereocenters. The van der Waals surface area contributed by atoms with E-state index in [2.05, 4.69) is 10.2 Å². The number of benzene rings is 1. The number of hydrogen-bond donors (Lipinski definition) is 0. The Hall–Kier alpha value is -0.710. The van der Waals surface area contributed by atoms with Crippen molar-refractivity contribution >= 4 is 34.5 Å². The fourth-order valence-electron chi connectivity index (χ4n) is 1.45. The van der Waals surface area contributed by atoms with Gasteiger partial charge in [-0.2, -0.15) is 0 Å². The molecular formula is C12H11Cl2FN2S. The average molecular weight is 305 g/mol. The smallest absolute Gasteiger partial charge is 0.146 e. The number of nitrogens with zero attached hydrogens (tertiary/aromatic N) is 2. The maximum atomic E-state index is 13.9. The Labute approximate surface area is 119 Å². The van der Waals surface area contributed by atoms with Crippen molar-refractivity contribution in [2.75, 3.05) is 0 Å². The van der Waals surface area contributed by atoms with E-state index in [0.717, 1.165) is 10.0 Å². The molecule has 2 aromatic rings. The summed E-state index contributed by atoms with van der Waals surface area (Å²) >= 11 is 13.2. The first kappa shape index (κ1) is 13.7. The van der Waals surface area contributed by atoms with Crippen molar-refractivity contribution in [1.82, 2.24) is 10.2 Å². The van der Waals surface area contributed by atoms with Gasteiger partial charge in [0.2, 0.25) is 0 Å². The van der Waals surface area contributed by atoms with Crippen LogP contribution in [0.3, 0.4) is 0 Å². The van der Waals surface area contributed by atoms with Crippen LogP contribution in [0, 0.1) is 5.82 Å². The molecule has 1 aromatic heterocycles. The van der Waals surface area contributed by atoms with E-state index in [1.54, 1.807) is 6.07 Å². The third kappa shape index (κ3) is 2.82. The van der Waals surface area contributed by atoms with E-state index in [9.17, 15) is 4.39 Å². The van der Waals surface area contributed by atoms with Crippen LogP contribution in [0.15, 0.2) is 12.1 Å². The molecule has 0 aliphatic rings. The number of halogens is 3.